The van der Waals surface area contributed by atoms with E-state index < -0.39 is 6.61 Å². The molecule has 0 saturated heterocycles. The average molecular weight is 358 g/mol. The lowest BCUT2D eigenvalue weighted by Gasteiger charge is -2.13. The molecule has 0 unspecified atom stereocenters. The smallest absolute Gasteiger partial charge is 0.387 e. The van der Waals surface area contributed by atoms with Crippen molar-refractivity contribution >= 4 is 11.9 Å². The third kappa shape index (κ3) is 7.69. The summed E-state index contributed by atoms with van der Waals surface area (Å²) in [5, 5.41) is 8.51. The van der Waals surface area contributed by atoms with Gasteiger partial charge in [-0.25, -0.2) is 4.99 Å². The fourth-order valence-electron chi connectivity index (χ4n) is 1.95. The number of alkyl halides is 2. The lowest BCUT2D eigenvalue weighted by atomic mass is 10.2. The van der Waals surface area contributed by atoms with E-state index in [0.717, 1.165) is 0 Å². The average Bonchev–Trinajstić information content (AvgIpc) is 2.58. The topological polar surface area (TPSA) is 84.0 Å². The van der Waals surface area contributed by atoms with Crippen LogP contribution in [0, 0.1) is 0 Å². The summed E-state index contributed by atoms with van der Waals surface area (Å²) in [6, 6.07) is 4.52. The zero-order valence-corrected chi connectivity index (χ0v) is 14.6. The lowest BCUT2D eigenvalue weighted by Crippen LogP contribution is -2.43. The first-order chi connectivity index (χ1) is 12.0. The molecular weight excluding hydrogens is 334 g/mol. The number of hydrogen-bond donors (Lipinski definition) is 3. The van der Waals surface area contributed by atoms with Crippen LogP contribution in [-0.4, -0.2) is 45.2 Å². The Labute approximate surface area is 145 Å². The zero-order chi connectivity index (χ0) is 18.7. The van der Waals surface area contributed by atoms with Crippen molar-refractivity contribution < 1.29 is 23.0 Å². The molecule has 0 aliphatic rings. The van der Waals surface area contributed by atoms with Gasteiger partial charge in [0.15, 0.2) is 5.96 Å². The standard InChI is InChI=1S/C16H24F2N4O3/c1-4-19-14(23)10-22-16(20-5-2)21-9-11-8-12(24-3)6-7-13(11)25-15(17)18/h6-8,15H,4-5,9-10H2,1-3H3,(H,19,23)(H2,20,21,22). The summed E-state index contributed by atoms with van der Waals surface area (Å²) < 4.78 is 34.7. The van der Waals surface area contributed by atoms with Crippen LogP contribution in [0.1, 0.15) is 19.4 Å². The highest BCUT2D eigenvalue weighted by atomic mass is 19.3. The Kier molecular flexibility index (Phi) is 9.05. The van der Waals surface area contributed by atoms with Crippen molar-refractivity contribution in [1.29, 1.82) is 0 Å². The van der Waals surface area contributed by atoms with Crippen molar-refractivity contribution in [2.45, 2.75) is 27.0 Å². The van der Waals surface area contributed by atoms with Gasteiger partial charge in [-0.15, -0.1) is 0 Å². The molecule has 1 rings (SSSR count). The summed E-state index contributed by atoms with van der Waals surface area (Å²) in [4.78, 5) is 15.8. The van der Waals surface area contributed by atoms with Crippen LogP contribution in [0.2, 0.25) is 0 Å². The largest absolute Gasteiger partial charge is 0.497 e. The summed E-state index contributed by atoms with van der Waals surface area (Å²) in [5.41, 5.74) is 0.440. The van der Waals surface area contributed by atoms with Crippen LogP contribution in [0.25, 0.3) is 0 Å². The van der Waals surface area contributed by atoms with Gasteiger partial charge in [0, 0.05) is 18.7 Å². The van der Waals surface area contributed by atoms with Gasteiger partial charge in [-0.3, -0.25) is 4.79 Å². The monoisotopic (exact) mass is 358 g/mol. The molecule has 1 aromatic rings. The molecular formula is C16H24F2N4O3. The number of carbonyl (C=O) groups is 1. The van der Waals surface area contributed by atoms with E-state index in [1.165, 1.54) is 19.2 Å². The lowest BCUT2D eigenvalue weighted by molar-refractivity contribution is -0.119. The number of aliphatic imine (C=N–C) groups is 1. The highest BCUT2D eigenvalue weighted by Crippen LogP contribution is 2.26. The van der Waals surface area contributed by atoms with Gasteiger partial charge in [-0.2, -0.15) is 8.78 Å². The molecule has 3 N–H and O–H groups in total. The molecule has 25 heavy (non-hydrogen) atoms. The van der Waals surface area contributed by atoms with Crippen molar-refractivity contribution in [3.8, 4) is 11.5 Å². The second-order valence-corrected chi connectivity index (χ2v) is 4.85. The quantitative estimate of drug-likeness (QED) is 0.460. The van der Waals surface area contributed by atoms with E-state index in [4.69, 9.17) is 4.74 Å². The molecule has 1 aromatic carbocycles. The molecule has 0 aliphatic carbocycles. The summed E-state index contributed by atoms with van der Waals surface area (Å²) in [5.74, 6) is 0.752. The molecule has 9 heteroatoms. The number of nitrogens with zero attached hydrogens (tertiary/aromatic N) is 1. The van der Waals surface area contributed by atoms with E-state index in [-0.39, 0.29) is 24.7 Å². The molecule has 0 aliphatic heterocycles. The molecule has 0 saturated carbocycles. The van der Waals surface area contributed by atoms with E-state index in [0.29, 0.717) is 30.4 Å². The van der Waals surface area contributed by atoms with Crippen molar-refractivity contribution in [3.63, 3.8) is 0 Å². The first kappa shape index (κ1) is 20.5. The predicted molar refractivity (Wildman–Crippen MR) is 91.1 cm³/mol. The summed E-state index contributed by atoms with van der Waals surface area (Å²) in [6.45, 7) is 2.01. The molecule has 0 aromatic heterocycles. The Hall–Kier alpha value is -2.58. The number of halogens is 2. The minimum atomic E-state index is -2.93. The van der Waals surface area contributed by atoms with Crippen LogP contribution in [0.4, 0.5) is 8.78 Å². The second-order valence-electron chi connectivity index (χ2n) is 4.85. The van der Waals surface area contributed by atoms with Gasteiger partial charge in [-0.1, -0.05) is 0 Å². The van der Waals surface area contributed by atoms with Crippen LogP contribution in [0.3, 0.4) is 0 Å². The van der Waals surface area contributed by atoms with Crippen molar-refractivity contribution in [2.24, 2.45) is 4.99 Å². The van der Waals surface area contributed by atoms with Crippen LogP contribution >= 0.6 is 0 Å². The van der Waals surface area contributed by atoms with E-state index in [2.05, 4.69) is 25.7 Å². The van der Waals surface area contributed by atoms with Gasteiger partial charge in [0.2, 0.25) is 5.91 Å². The first-order valence-electron chi connectivity index (χ1n) is 7.90. The van der Waals surface area contributed by atoms with Gasteiger partial charge in [0.1, 0.15) is 11.5 Å². The maximum atomic E-state index is 12.5. The van der Waals surface area contributed by atoms with E-state index in [1.54, 1.807) is 6.07 Å². The van der Waals surface area contributed by atoms with E-state index >= 15 is 0 Å². The number of hydrogen-bond acceptors (Lipinski definition) is 4. The molecule has 1 amide bonds. The number of methoxy groups -OCH3 is 1. The second kappa shape index (κ2) is 11.1. The number of amides is 1. The van der Waals surface area contributed by atoms with Crippen LogP contribution in [-0.2, 0) is 11.3 Å². The number of benzene rings is 1. The van der Waals surface area contributed by atoms with Crippen LogP contribution in [0.15, 0.2) is 23.2 Å². The summed E-state index contributed by atoms with van der Waals surface area (Å²) >= 11 is 0. The van der Waals surface area contributed by atoms with Crippen LogP contribution < -0.4 is 25.4 Å². The third-order valence-corrected chi connectivity index (χ3v) is 3.03. The highest BCUT2D eigenvalue weighted by molar-refractivity contribution is 5.86. The molecule has 0 spiro atoms. The van der Waals surface area contributed by atoms with Gasteiger partial charge < -0.3 is 25.4 Å². The molecule has 0 fully saturated rings. The third-order valence-electron chi connectivity index (χ3n) is 3.03. The molecule has 0 bridgehead atoms. The fraction of sp³-hybridized carbons (Fsp3) is 0.500. The normalized spacial score (nSPS) is 11.2. The van der Waals surface area contributed by atoms with Gasteiger partial charge >= 0.3 is 6.61 Å². The number of likely N-dealkylation sites (N-methyl/N-ethyl adjacent to an activating group) is 1. The molecule has 140 valence electrons. The summed E-state index contributed by atoms with van der Waals surface area (Å²) in [7, 11) is 1.48. The van der Waals surface area contributed by atoms with Crippen molar-refractivity contribution in [1.82, 2.24) is 16.0 Å². The highest BCUT2D eigenvalue weighted by Gasteiger charge is 2.11. The van der Waals surface area contributed by atoms with Crippen molar-refractivity contribution in [3.05, 3.63) is 23.8 Å². The van der Waals surface area contributed by atoms with E-state index in [9.17, 15) is 13.6 Å². The Balaban J connectivity index is 2.87. The maximum Gasteiger partial charge on any atom is 0.387 e. The van der Waals surface area contributed by atoms with Crippen LogP contribution in [0.5, 0.6) is 11.5 Å². The number of guanidine groups is 1. The predicted octanol–water partition coefficient (Wildman–Crippen LogP) is 1.49. The molecule has 0 atom stereocenters. The first-order valence-corrected chi connectivity index (χ1v) is 7.90. The number of ether oxygens (including phenoxy) is 2. The Morgan fingerprint density at radius 2 is 1.92 bits per heavy atom. The van der Waals surface area contributed by atoms with Gasteiger partial charge in [0.25, 0.3) is 0 Å². The minimum Gasteiger partial charge on any atom is -0.497 e. The van der Waals surface area contributed by atoms with Gasteiger partial charge in [0.05, 0.1) is 20.2 Å². The number of carbonyl (C=O) groups excluding carboxylic acids is 1. The molecule has 0 heterocycles. The van der Waals surface area contributed by atoms with Crippen molar-refractivity contribution in [2.75, 3.05) is 26.7 Å². The Morgan fingerprint density at radius 1 is 1.20 bits per heavy atom. The Bertz CT molecular complexity index is 582. The van der Waals surface area contributed by atoms with Gasteiger partial charge in [-0.05, 0) is 32.0 Å². The SMILES string of the molecule is CCNC(=O)CNC(=NCc1cc(OC)ccc1OC(F)F)NCC. The Morgan fingerprint density at radius 3 is 2.52 bits per heavy atom. The number of rotatable bonds is 9. The molecule has 7 nitrogen and oxygen atoms in total. The maximum absolute atomic E-state index is 12.5. The molecule has 0 radical (unpaired) electrons. The minimum absolute atomic E-state index is 0.0270. The zero-order valence-electron chi connectivity index (χ0n) is 14.6. The number of nitrogens with one attached hydrogen (secondary N) is 3. The summed E-state index contributed by atoms with van der Waals surface area (Å²) in [6.07, 6.45) is 0. The van der Waals surface area contributed by atoms with E-state index in [1.807, 2.05) is 13.8 Å². The fourth-order valence-corrected chi connectivity index (χ4v) is 1.95.